The third-order valence-electron chi connectivity index (χ3n) is 4.52. The van der Waals surface area contributed by atoms with Crippen LogP contribution in [0.25, 0.3) is 0 Å². The van der Waals surface area contributed by atoms with Gasteiger partial charge in [0.05, 0.1) is 0 Å². The predicted molar refractivity (Wildman–Crippen MR) is 77.5 cm³/mol. The monoisotopic (exact) mass is 260 g/mol. The minimum atomic E-state index is 0.316. The van der Waals surface area contributed by atoms with Crippen LogP contribution in [0.2, 0.25) is 0 Å². The lowest BCUT2D eigenvalue weighted by Crippen LogP contribution is -2.37. The van der Waals surface area contributed by atoms with Crippen LogP contribution in [0.3, 0.4) is 0 Å². The van der Waals surface area contributed by atoms with Crippen LogP contribution in [-0.4, -0.2) is 36.7 Å². The highest BCUT2D eigenvalue weighted by molar-refractivity contribution is 5.40. The number of hydrogen-bond acceptors (Lipinski definition) is 3. The molecule has 0 radical (unpaired) electrons. The van der Waals surface area contributed by atoms with E-state index in [-0.39, 0.29) is 0 Å². The van der Waals surface area contributed by atoms with Crippen molar-refractivity contribution in [3.05, 3.63) is 29.3 Å². The van der Waals surface area contributed by atoms with Gasteiger partial charge in [0, 0.05) is 25.6 Å². The van der Waals surface area contributed by atoms with Crippen molar-refractivity contribution in [3.8, 4) is 5.75 Å². The summed E-state index contributed by atoms with van der Waals surface area (Å²) in [6.45, 7) is 7.42. The summed E-state index contributed by atoms with van der Waals surface area (Å²) < 4.78 is 6.07. The molecule has 0 spiro atoms. The first-order chi connectivity index (χ1) is 9.15. The molecule has 3 unspecified atom stereocenters. The minimum absolute atomic E-state index is 0.316. The second-order valence-electron chi connectivity index (χ2n) is 6.20. The lowest BCUT2D eigenvalue weighted by Gasteiger charge is -2.24. The van der Waals surface area contributed by atoms with Gasteiger partial charge in [0.2, 0.25) is 0 Å². The zero-order valence-electron chi connectivity index (χ0n) is 11.9. The molecular weight excluding hydrogens is 236 g/mol. The number of aryl methyl sites for hydroxylation is 1. The number of ether oxygens (including phenoxy) is 1. The highest BCUT2D eigenvalue weighted by Crippen LogP contribution is 2.31. The minimum Gasteiger partial charge on any atom is -0.488 e. The van der Waals surface area contributed by atoms with Crippen molar-refractivity contribution in [1.82, 2.24) is 4.90 Å². The smallest absolute Gasteiger partial charge is 0.123 e. The molecule has 1 fully saturated rings. The summed E-state index contributed by atoms with van der Waals surface area (Å²) in [5, 5.41) is 0. The second-order valence-corrected chi connectivity index (χ2v) is 6.20. The maximum Gasteiger partial charge on any atom is 0.123 e. The maximum absolute atomic E-state index is 6.07. The molecule has 3 nitrogen and oxygen atoms in total. The number of benzene rings is 1. The molecule has 3 heteroatoms. The Labute approximate surface area is 115 Å². The number of nitrogens with zero attached hydrogens (tertiary/aromatic N) is 1. The molecule has 0 amide bonds. The Hall–Kier alpha value is -1.06. The van der Waals surface area contributed by atoms with E-state index in [1.165, 1.54) is 17.5 Å². The van der Waals surface area contributed by atoms with E-state index in [0.717, 1.165) is 31.8 Å². The number of hydrogen-bond donors (Lipinski definition) is 1. The molecule has 3 atom stereocenters. The summed E-state index contributed by atoms with van der Waals surface area (Å²) in [6, 6.07) is 7.14. The van der Waals surface area contributed by atoms with Gasteiger partial charge in [-0.1, -0.05) is 17.7 Å². The SMILES string of the molecule is Cc1ccc2c(c1)CC(CN1CC(CN)CC1C)O2. The van der Waals surface area contributed by atoms with E-state index >= 15 is 0 Å². The average Bonchev–Trinajstić information content (AvgIpc) is 2.93. The average molecular weight is 260 g/mol. The molecule has 2 aliphatic heterocycles. The fourth-order valence-corrected chi connectivity index (χ4v) is 3.46. The largest absolute Gasteiger partial charge is 0.488 e. The Morgan fingerprint density at radius 3 is 3.00 bits per heavy atom. The molecule has 1 aromatic rings. The number of rotatable bonds is 3. The maximum atomic E-state index is 6.07. The Morgan fingerprint density at radius 1 is 1.42 bits per heavy atom. The molecule has 1 saturated heterocycles. The molecule has 2 heterocycles. The van der Waals surface area contributed by atoms with E-state index in [0.29, 0.717) is 18.1 Å². The van der Waals surface area contributed by atoms with Gasteiger partial charge in [-0.3, -0.25) is 4.90 Å². The first-order valence-electron chi connectivity index (χ1n) is 7.36. The molecule has 3 rings (SSSR count). The topological polar surface area (TPSA) is 38.5 Å². The molecule has 0 aromatic heterocycles. The summed E-state index contributed by atoms with van der Waals surface area (Å²) in [6.07, 6.45) is 2.60. The van der Waals surface area contributed by atoms with Gasteiger partial charge in [-0.05, 0) is 44.4 Å². The fourth-order valence-electron chi connectivity index (χ4n) is 3.46. The lowest BCUT2D eigenvalue weighted by atomic mass is 10.1. The lowest BCUT2D eigenvalue weighted by molar-refractivity contribution is 0.145. The van der Waals surface area contributed by atoms with Crippen LogP contribution in [0.15, 0.2) is 18.2 Å². The van der Waals surface area contributed by atoms with E-state index in [2.05, 4.69) is 36.9 Å². The van der Waals surface area contributed by atoms with Crippen LogP contribution in [-0.2, 0) is 6.42 Å². The van der Waals surface area contributed by atoms with Crippen molar-refractivity contribution in [3.63, 3.8) is 0 Å². The van der Waals surface area contributed by atoms with Crippen LogP contribution in [0.4, 0.5) is 0 Å². The first-order valence-corrected chi connectivity index (χ1v) is 7.36. The van der Waals surface area contributed by atoms with Crippen molar-refractivity contribution in [1.29, 1.82) is 0 Å². The van der Waals surface area contributed by atoms with Crippen molar-refractivity contribution in [2.45, 2.75) is 38.8 Å². The number of nitrogens with two attached hydrogens (primary N) is 1. The number of likely N-dealkylation sites (tertiary alicyclic amines) is 1. The molecule has 19 heavy (non-hydrogen) atoms. The van der Waals surface area contributed by atoms with Crippen molar-refractivity contribution < 1.29 is 4.74 Å². The van der Waals surface area contributed by atoms with Crippen LogP contribution in [0, 0.1) is 12.8 Å². The van der Waals surface area contributed by atoms with E-state index in [4.69, 9.17) is 10.5 Å². The quantitative estimate of drug-likeness (QED) is 0.903. The van der Waals surface area contributed by atoms with Crippen molar-refractivity contribution in [2.24, 2.45) is 11.7 Å². The summed E-state index contributed by atoms with van der Waals surface area (Å²) in [5.74, 6) is 1.75. The zero-order chi connectivity index (χ0) is 13.4. The van der Waals surface area contributed by atoms with Crippen LogP contribution < -0.4 is 10.5 Å². The molecule has 2 aliphatic rings. The Kier molecular flexibility index (Phi) is 3.50. The van der Waals surface area contributed by atoms with E-state index in [1.54, 1.807) is 0 Å². The van der Waals surface area contributed by atoms with Crippen LogP contribution >= 0.6 is 0 Å². The molecule has 1 aromatic carbocycles. The molecule has 0 bridgehead atoms. The van der Waals surface area contributed by atoms with Gasteiger partial charge < -0.3 is 10.5 Å². The Bertz CT molecular complexity index is 460. The molecule has 2 N–H and O–H groups in total. The summed E-state index contributed by atoms with van der Waals surface area (Å²) in [7, 11) is 0. The first kappa shape index (κ1) is 12.9. The summed E-state index contributed by atoms with van der Waals surface area (Å²) >= 11 is 0. The zero-order valence-corrected chi connectivity index (χ0v) is 11.9. The fraction of sp³-hybridized carbons (Fsp3) is 0.625. The molecular formula is C16H24N2O. The van der Waals surface area contributed by atoms with Crippen LogP contribution in [0.1, 0.15) is 24.5 Å². The normalized spacial score (nSPS) is 30.4. The second kappa shape index (κ2) is 5.14. The van der Waals surface area contributed by atoms with E-state index in [9.17, 15) is 0 Å². The van der Waals surface area contributed by atoms with Gasteiger partial charge in [0.1, 0.15) is 11.9 Å². The Morgan fingerprint density at radius 2 is 2.26 bits per heavy atom. The summed E-state index contributed by atoms with van der Waals surface area (Å²) in [5.41, 5.74) is 8.48. The van der Waals surface area contributed by atoms with Crippen molar-refractivity contribution >= 4 is 0 Å². The van der Waals surface area contributed by atoms with Crippen LogP contribution in [0.5, 0.6) is 5.75 Å². The van der Waals surface area contributed by atoms with Gasteiger partial charge >= 0.3 is 0 Å². The highest BCUT2D eigenvalue weighted by atomic mass is 16.5. The van der Waals surface area contributed by atoms with Gasteiger partial charge in [-0.25, -0.2) is 0 Å². The third-order valence-corrected chi connectivity index (χ3v) is 4.52. The van der Waals surface area contributed by atoms with Gasteiger partial charge in [-0.2, -0.15) is 0 Å². The highest BCUT2D eigenvalue weighted by Gasteiger charge is 2.32. The third kappa shape index (κ3) is 2.63. The van der Waals surface area contributed by atoms with E-state index in [1.807, 2.05) is 0 Å². The number of fused-ring (bicyclic) bond motifs is 1. The van der Waals surface area contributed by atoms with Gasteiger partial charge in [0.25, 0.3) is 0 Å². The Balaban J connectivity index is 1.61. The summed E-state index contributed by atoms with van der Waals surface area (Å²) in [4.78, 5) is 2.54. The molecule has 0 saturated carbocycles. The van der Waals surface area contributed by atoms with Gasteiger partial charge in [0.15, 0.2) is 0 Å². The predicted octanol–water partition coefficient (Wildman–Crippen LogP) is 1.97. The van der Waals surface area contributed by atoms with Gasteiger partial charge in [-0.15, -0.1) is 0 Å². The molecule has 104 valence electrons. The molecule has 0 aliphatic carbocycles. The van der Waals surface area contributed by atoms with Crippen molar-refractivity contribution in [2.75, 3.05) is 19.6 Å². The standard InChI is InChI=1S/C16H24N2O/c1-11-3-4-16-14(5-11)7-15(19-16)10-18-9-13(8-17)6-12(18)2/h3-5,12-13,15H,6-10,17H2,1-2H3. The van der Waals surface area contributed by atoms with E-state index < -0.39 is 0 Å².